The average molecular weight is 1030 g/mol. The molecule has 0 fully saturated rings. The van der Waals surface area contributed by atoms with Gasteiger partial charge in [-0.1, -0.05) is 176 Å². The molecule has 0 aliphatic carbocycles. The number of ether oxygens (including phenoxy) is 4. The summed E-state index contributed by atoms with van der Waals surface area (Å²) in [5.41, 5.74) is 4.93. The zero-order valence-electron chi connectivity index (χ0n) is 47.3. The summed E-state index contributed by atoms with van der Waals surface area (Å²) in [5, 5.41) is 32.8. The molecule has 0 saturated carbocycles. The largest absolute Gasteiger partial charge is 0.507 e. The molecule has 408 valence electrons. The number of hydrogen-bond donors (Lipinski definition) is 3. The highest BCUT2D eigenvalue weighted by Crippen LogP contribution is 2.37. The van der Waals surface area contributed by atoms with E-state index in [0.29, 0.717) is 30.7 Å². The fraction of sp³-hybridized carbons (Fsp3) is 0.645. The SMILES string of the molecule is CCCCCCCCCCCCCCC(=S)OCC(COC(=O)CCc1cc(C)c(O)c(C(C)(C)C)c1)(COC(=O)CCc1cc(C)c(O)c(C(C)(C)C)c1)COC(=O)CCc1cc(C)c(O)c(C(C)(C)C)c1. The van der Waals surface area contributed by atoms with Crippen LogP contribution in [0.3, 0.4) is 0 Å². The maximum Gasteiger partial charge on any atom is 0.306 e. The predicted molar refractivity (Wildman–Crippen MR) is 299 cm³/mol. The third-order valence-electron chi connectivity index (χ3n) is 13.8. The van der Waals surface area contributed by atoms with Crippen LogP contribution in [0, 0.1) is 26.2 Å². The van der Waals surface area contributed by atoms with Gasteiger partial charge in [0.15, 0.2) is 5.05 Å². The van der Waals surface area contributed by atoms with Gasteiger partial charge in [0.1, 0.15) is 49.1 Å². The topological polar surface area (TPSA) is 149 Å². The second kappa shape index (κ2) is 29.5. The van der Waals surface area contributed by atoms with E-state index in [0.717, 1.165) is 69.3 Å². The van der Waals surface area contributed by atoms with Crippen LogP contribution >= 0.6 is 12.2 Å². The summed E-state index contributed by atoms with van der Waals surface area (Å²) in [6, 6.07) is 11.4. The van der Waals surface area contributed by atoms with Gasteiger partial charge in [0.2, 0.25) is 0 Å². The molecule has 3 N–H and O–H groups in total. The van der Waals surface area contributed by atoms with Crippen LogP contribution in [0.1, 0.15) is 222 Å². The van der Waals surface area contributed by atoms with E-state index in [2.05, 4.69) is 6.92 Å². The molecule has 0 aliphatic heterocycles. The Morgan fingerprint density at radius 1 is 0.425 bits per heavy atom. The van der Waals surface area contributed by atoms with E-state index in [-0.39, 0.29) is 79.2 Å². The first-order valence-corrected chi connectivity index (χ1v) is 27.7. The first-order valence-electron chi connectivity index (χ1n) is 27.3. The van der Waals surface area contributed by atoms with E-state index in [1.165, 1.54) is 57.8 Å². The molecule has 73 heavy (non-hydrogen) atoms. The van der Waals surface area contributed by atoms with Crippen LogP contribution in [0.15, 0.2) is 36.4 Å². The van der Waals surface area contributed by atoms with Gasteiger partial charge in [-0.05, 0) is 125 Å². The number of carbonyl (C=O) groups is 3. The Kier molecular flexibility index (Phi) is 25.3. The van der Waals surface area contributed by atoms with Crippen molar-refractivity contribution in [2.45, 2.75) is 228 Å². The van der Waals surface area contributed by atoms with E-state index in [1.807, 2.05) is 119 Å². The highest BCUT2D eigenvalue weighted by Gasteiger charge is 2.38. The highest BCUT2D eigenvalue weighted by atomic mass is 32.1. The van der Waals surface area contributed by atoms with Crippen molar-refractivity contribution >= 4 is 35.2 Å². The van der Waals surface area contributed by atoms with E-state index < -0.39 is 23.3 Å². The van der Waals surface area contributed by atoms with Crippen molar-refractivity contribution in [2.75, 3.05) is 26.4 Å². The lowest BCUT2D eigenvalue weighted by atomic mass is 9.83. The molecule has 3 aromatic carbocycles. The second-order valence-corrected chi connectivity index (χ2v) is 24.4. The molecule has 0 amide bonds. The van der Waals surface area contributed by atoms with Crippen molar-refractivity contribution in [3.05, 3.63) is 86.5 Å². The molecule has 0 bridgehead atoms. The minimum absolute atomic E-state index is 0.0346. The summed E-state index contributed by atoms with van der Waals surface area (Å²) in [7, 11) is 0. The molecule has 0 atom stereocenters. The number of esters is 3. The van der Waals surface area contributed by atoms with Crippen LogP contribution in [0.4, 0.5) is 0 Å². The standard InChI is InChI=1S/C62H94O10S/c1-14-15-16-17-18-19-20-21-22-23-24-25-26-55(73)72-42-62(39-69-52(63)30-27-46-33-43(2)56(66)49(36-46)59(5,6)7,40-70-53(64)31-28-47-34-44(3)57(67)50(37-47)60(8,9)10)41-71-54(65)32-29-48-35-45(4)58(68)51(38-48)61(11,12)13/h33-38,66-68H,14-32,39-42H2,1-13H3. The van der Waals surface area contributed by atoms with Crippen molar-refractivity contribution in [1.82, 2.24) is 0 Å². The molecule has 11 heteroatoms. The Hall–Kier alpha value is -4.64. The van der Waals surface area contributed by atoms with Crippen LogP contribution in [-0.2, 0) is 68.8 Å². The number of thiocarbonyl (C=S) groups is 1. The molecule has 3 rings (SSSR count). The van der Waals surface area contributed by atoms with Crippen LogP contribution < -0.4 is 0 Å². The minimum Gasteiger partial charge on any atom is -0.507 e. The number of phenols is 3. The normalized spacial score (nSPS) is 12.2. The Morgan fingerprint density at radius 2 is 0.699 bits per heavy atom. The van der Waals surface area contributed by atoms with Gasteiger partial charge in [-0.2, -0.15) is 0 Å². The van der Waals surface area contributed by atoms with E-state index in [4.69, 9.17) is 31.2 Å². The molecule has 0 aromatic heterocycles. The number of phenolic OH excluding ortho intramolecular Hbond substituents is 3. The lowest BCUT2D eigenvalue weighted by Gasteiger charge is -2.32. The fourth-order valence-corrected chi connectivity index (χ4v) is 9.24. The molecule has 10 nitrogen and oxygen atoms in total. The molecule has 0 heterocycles. The van der Waals surface area contributed by atoms with Crippen molar-refractivity contribution in [3.63, 3.8) is 0 Å². The van der Waals surface area contributed by atoms with Gasteiger partial charge in [-0.25, -0.2) is 0 Å². The quantitative estimate of drug-likeness (QED) is 0.0254. The van der Waals surface area contributed by atoms with Crippen LogP contribution in [0.5, 0.6) is 17.2 Å². The monoisotopic (exact) mass is 1030 g/mol. The average Bonchev–Trinajstić information content (AvgIpc) is 3.31. The molecular formula is C62H94O10S. The summed E-state index contributed by atoms with van der Waals surface area (Å²) >= 11 is 5.76. The maximum absolute atomic E-state index is 13.7. The molecule has 0 spiro atoms. The van der Waals surface area contributed by atoms with Gasteiger partial charge in [0.25, 0.3) is 0 Å². The number of benzene rings is 3. The van der Waals surface area contributed by atoms with Crippen molar-refractivity contribution in [3.8, 4) is 17.2 Å². The van der Waals surface area contributed by atoms with Gasteiger partial charge in [-0.3, -0.25) is 14.4 Å². The van der Waals surface area contributed by atoms with Crippen LogP contribution in [0.25, 0.3) is 0 Å². The third kappa shape index (κ3) is 22.0. The molecule has 0 aliphatic rings. The van der Waals surface area contributed by atoms with Gasteiger partial charge in [0, 0.05) is 25.7 Å². The number of aromatic hydroxyl groups is 3. The molecule has 3 aromatic rings. The van der Waals surface area contributed by atoms with E-state index in [1.54, 1.807) is 0 Å². The number of aryl methyl sites for hydroxylation is 6. The molecule has 0 unspecified atom stereocenters. The predicted octanol–water partition coefficient (Wildman–Crippen LogP) is 14.9. The smallest absolute Gasteiger partial charge is 0.306 e. The molecule has 0 radical (unpaired) electrons. The van der Waals surface area contributed by atoms with Gasteiger partial charge in [-0.15, -0.1) is 0 Å². The number of rotatable bonds is 30. The molecular weight excluding hydrogens is 937 g/mol. The summed E-state index contributed by atoms with van der Waals surface area (Å²) in [5.74, 6) is -0.781. The second-order valence-electron chi connectivity index (χ2n) is 24.0. The first kappa shape index (κ1) is 62.7. The summed E-state index contributed by atoms with van der Waals surface area (Å²) < 4.78 is 24.3. The lowest BCUT2D eigenvalue weighted by Crippen LogP contribution is -2.44. The summed E-state index contributed by atoms with van der Waals surface area (Å²) in [4.78, 5) is 41.0. The first-order chi connectivity index (χ1) is 34.2. The van der Waals surface area contributed by atoms with E-state index in [9.17, 15) is 29.7 Å². The Morgan fingerprint density at radius 3 is 0.986 bits per heavy atom. The van der Waals surface area contributed by atoms with Crippen molar-refractivity contribution in [2.24, 2.45) is 5.41 Å². The van der Waals surface area contributed by atoms with Gasteiger partial charge < -0.3 is 34.3 Å². The Balaban J connectivity index is 1.84. The van der Waals surface area contributed by atoms with Gasteiger partial charge in [0.05, 0.1) is 0 Å². The van der Waals surface area contributed by atoms with Crippen molar-refractivity contribution in [1.29, 1.82) is 0 Å². The summed E-state index contributed by atoms with van der Waals surface area (Å²) in [6.07, 6.45) is 16.3. The highest BCUT2D eigenvalue weighted by molar-refractivity contribution is 7.80. The van der Waals surface area contributed by atoms with Gasteiger partial charge >= 0.3 is 17.9 Å². The molecule has 0 saturated heterocycles. The van der Waals surface area contributed by atoms with Crippen LogP contribution in [-0.4, -0.2) is 64.7 Å². The minimum atomic E-state index is -1.32. The Labute approximate surface area is 445 Å². The number of hydrogen-bond acceptors (Lipinski definition) is 11. The van der Waals surface area contributed by atoms with Crippen LogP contribution in [0.2, 0.25) is 0 Å². The third-order valence-corrected chi connectivity index (χ3v) is 14.1. The summed E-state index contributed by atoms with van der Waals surface area (Å²) in [6.45, 7) is 25.0. The Bertz CT molecular complexity index is 2040. The maximum atomic E-state index is 13.7. The zero-order valence-corrected chi connectivity index (χ0v) is 48.2. The van der Waals surface area contributed by atoms with Crippen molar-refractivity contribution < 1.29 is 48.7 Å². The zero-order chi connectivity index (χ0) is 54.6. The van der Waals surface area contributed by atoms with E-state index >= 15 is 0 Å². The lowest BCUT2D eigenvalue weighted by molar-refractivity contribution is -0.164. The fourth-order valence-electron chi connectivity index (χ4n) is 9.03. The number of carbonyl (C=O) groups excluding carboxylic acids is 3. The number of unbranched alkanes of at least 4 members (excludes halogenated alkanes) is 11.